The molecule has 0 aromatic heterocycles. The molecule has 0 saturated carbocycles. The molecule has 16 nitrogen and oxygen atoms in total. The summed E-state index contributed by atoms with van der Waals surface area (Å²) in [5.74, 6) is -1.62. The zero-order chi connectivity index (χ0) is 63.8. The molecule has 500 valence electrons. The molecule has 0 rings (SSSR count). The second-order valence-electron chi connectivity index (χ2n) is 21.9. The van der Waals surface area contributed by atoms with Crippen LogP contribution in [0.1, 0.15) is 252 Å². The second kappa shape index (κ2) is 62.4. The van der Waals surface area contributed by atoms with Gasteiger partial charge in [0.1, 0.15) is 25.4 Å². The van der Waals surface area contributed by atoms with E-state index < -0.39 is 91.5 Å². The fourth-order valence-electron chi connectivity index (χ4n) is 8.35. The lowest BCUT2D eigenvalue weighted by Gasteiger charge is -2.21. The molecule has 0 amide bonds. The number of aliphatic hydroxyl groups excluding tert-OH is 2. The van der Waals surface area contributed by atoms with E-state index in [1.807, 2.05) is 0 Å². The Labute approximate surface area is 526 Å². The normalized spacial score (nSPS) is 15.0. The van der Waals surface area contributed by atoms with Gasteiger partial charge in [0.2, 0.25) is 0 Å². The molecule has 0 spiro atoms. The smallest absolute Gasteiger partial charge is 0.463 e. The average molecular weight is 1270 g/mol. The number of unbranched alkanes of at least 4 members (excludes halogenated alkanes) is 21. The largest absolute Gasteiger partial charge is 0.472 e. The Hall–Kier alpha value is -3.79. The maximum absolute atomic E-state index is 12.9. The minimum Gasteiger partial charge on any atom is -0.463 e. The third kappa shape index (κ3) is 63.6. The Morgan fingerprint density at radius 1 is 0.333 bits per heavy atom. The molecule has 0 aliphatic carbocycles. The molecule has 0 heterocycles. The summed E-state index contributed by atoms with van der Waals surface area (Å²) in [7, 11) is -9.78. The quantitative estimate of drug-likeness (QED) is 0.0146. The topological polar surface area (TPSA) is 231 Å². The van der Waals surface area contributed by atoms with Gasteiger partial charge in [-0.3, -0.25) is 32.5 Å². The maximum Gasteiger partial charge on any atom is 0.472 e. The van der Waals surface area contributed by atoms with Crippen LogP contribution in [-0.4, -0.2) is 95.9 Å². The molecule has 0 saturated heterocycles. The molecule has 5 atom stereocenters. The number of esters is 3. The molecular weight excluding hydrogens is 1150 g/mol. The van der Waals surface area contributed by atoms with Crippen molar-refractivity contribution in [3.63, 3.8) is 0 Å². The number of aliphatic hydroxyl groups is 2. The van der Waals surface area contributed by atoms with Gasteiger partial charge < -0.3 is 34.2 Å². The van der Waals surface area contributed by atoms with Gasteiger partial charge in [0, 0.05) is 19.3 Å². The number of carbonyl (C=O) groups excluding carboxylic acids is 3. The van der Waals surface area contributed by atoms with E-state index in [0.29, 0.717) is 19.3 Å². The second-order valence-corrected chi connectivity index (χ2v) is 24.8. The van der Waals surface area contributed by atoms with Crippen LogP contribution in [0.5, 0.6) is 0 Å². The summed E-state index contributed by atoms with van der Waals surface area (Å²) >= 11 is 0. The zero-order valence-corrected chi connectivity index (χ0v) is 55.7. The third-order valence-electron chi connectivity index (χ3n) is 13.5. The van der Waals surface area contributed by atoms with Crippen LogP contribution in [-0.2, 0) is 55.8 Å². The molecular formula is C69H118O16P2. The van der Waals surface area contributed by atoms with E-state index >= 15 is 0 Å². The predicted octanol–water partition coefficient (Wildman–Crippen LogP) is 18.1. The molecule has 0 radical (unpaired) electrons. The average Bonchev–Trinajstić information content (AvgIpc) is 3.53. The fourth-order valence-corrected chi connectivity index (χ4v) is 9.93. The highest BCUT2D eigenvalue weighted by Crippen LogP contribution is 2.45. The van der Waals surface area contributed by atoms with Gasteiger partial charge in [-0.25, -0.2) is 9.13 Å². The highest BCUT2D eigenvalue weighted by Gasteiger charge is 2.29. The van der Waals surface area contributed by atoms with Gasteiger partial charge >= 0.3 is 33.6 Å². The zero-order valence-electron chi connectivity index (χ0n) is 53.9. The summed E-state index contributed by atoms with van der Waals surface area (Å²) in [6.45, 7) is 2.42. The monoisotopic (exact) mass is 1260 g/mol. The summed E-state index contributed by atoms with van der Waals surface area (Å²) in [6.07, 6.45) is 68.6. The van der Waals surface area contributed by atoms with Gasteiger partial charge in [0.05, 0.1) is 26.4 Å². The van der Waals surface area contributed by atoms with E-state index in [9.17, 15) is 43.5 Å². The molecule has 18 heteroatoms. The molecule has 0 fully saturated rings. The van der Waals surface area contributed by atoms with Gasteiger partial charge in [-0.1, -0.05) is 220 Å². The van der Waals surface area contributed by atoms with Crippen molar-refractivity contribution in [1.29, 1.82) is 0 Å². The first-order valence-electron chi connectivity index (χ1n) is 33.2. The first kappa shape index (κ1) is 83.2. The maximum atomic E-state index is 12.9. The van der Waals surface area contributed by atoms with E-state index in [1.54, 1.807) is 0 Å². The highest BCUT2D eigenvalue weighted by molar-refractivity contribution is 7.47. The van der Waals surface area contributed by atoms with E-state index in [-0.39, 0.29) is 19.3 Å². The van der Waals surface area contributed by atoms with Crippen molar-refractivity contribution < 1.29 is 75.8 Å². The van der Waals surface area contributed by atoms with Crippen LogP contribution in [0.25, 0.3) is 0 Å². The summed E-state index contributed by atoms with van der Waals surface area (Å²) in [5.41, 5.74) is 0. The Kier molecular flexibility index (Phi) is 59.7. The van der Waals surface area contributed by atoms with Gasteiger partial charge in [0.25, 0.3) is 0 Å². The molecule has 0 aliphatic rings. The van der Waals surface area contributed by atoms with Crippen LogP contribution in [0, 0.1) is 0 Å². The minimum atomic E-state index is -4.93. The van der Waals surface area contributed by atoms with Gasteiger partial charge in [-0.2, -0.15) is 0 Å². The van der Waals surface area contributed by atoms with Crippen LogP contribution < -0.4 is 0 Å². The van der Waals surface area contributed by atoms with E-state index in [1.165, 1.54) is 38.5 Å². The minimum absolute atomic E-state index is 0.0881. The van der Waals surface area contributed by atoms with Crippen molar-refractivity contribution >= 4 is 33.6 Å². The summed E-state index contributed by atoms with van der Waals surface area (Å²) in [5, 5.41) is 20.5. The highest BCUT2D eigenvalue weighted by atomic mass is 31.2. The van der Waals surface area contributed by atoms with Crippen molar-refractivity contribution in [2.75, 3.05) is 39.6 Å². The molecule has 5 unspecified atom stereocenters. The lowest BCUT2D eigenvalue weighted by atomic mass is 10.1. The van der Waals surface area contributed by atoms with Gasteiger partial charge in [0.15, 0.2) is 6.10 Å². The number of hydrogen-bond donors (Lipinski definition) is 4. The SMILES string of the molecule is CC/C=C\C/C=C\C/C=C\C/C=C\CCCCCCCCC(=O)OCC(COP(=O)(O)OCC(O)COP(=O)(O)OCC(O)COC(=O)CCCCCCC/C=C\C/C=C\C/C=C\C/C=C\CCCCC)OC(=O)CCCCCCC/C=C\CCCC. The van der Waals surface area contributed by atoms with Crippen LogP contribution in [0.3, 0.4) is 0 Å². The Morgan fingerprint density at radius 3 is 1.01 bits per heavy atom. The standard InChI is InChI=1S/C69H118O16P2/c1-4-7-10-13-16-19-22-24-26-28-30-31-33-35-36-38-41-43-46-49-52-55-67(72)79-58-64(70)59-81-86(75,76)82-60-65(71)61-83-87(77,78)84-63-66(85-69(74)57-54-51-48-45-40-21-18-15-12-9-6-3)62-80-68(73)56-53-50-47-44-42-39-37-34-32-29-27-25-23-20-17-14-11-8-5-2/h8,11,15-20,24-27,30-32,34-36,64-66,70-71H,4-7,9-10,12-14,21-23,28-29,33,37-63H2,1-3H3,(H,75,76)(H,77,78)/b11-8-,18-15-,19-16-,20-17-,26-24-,27-25-,31-30-,34-32-,36-35-. The van der Waals surface area contributed by atoms with Crippen LogP contribution >= 0.6 is 15.6 Å². The number of ether oxygens (including phenoxy) is 3. The van der Waals surface area contributed by atoms with Crippen molar-refractivity contribution in [3.8, 4) is 0 Å². The molecule has 0 bridgehead atoms. The molecule has 4 N–H and O–H groups in total. The summed E-state index contributed by atoms with van der Waals surface area (Å²) in [4.78, 5) is 58.2. The summed E-state index contributed by atoms with van der Waals surface area (Å²) < 4.78 is 60.7. The number of phosphoric ester groups is 2. The van der Waals surface area contributed by atoms with E-state index in [2.05, 4.69) is 130 Å². The lowest BCUT2D eigenvalue weighted by Crippen LogP contribution is -2.30. The Morgan fingerprint density at radius 2 is 0.621 bits per heavy atom. The lowest BCUT2D eigenvalue weighted by molar-refractivity contribution is -0.161. The number of hydrogen-bond acceptors (Lipinski definition) is 14. The molecule has 0 aromatic carbocycles. The van der Waals surface area contributed by atoms with Crippen molar-refractivity contribution in [1.82, 2.24) is 0 Å². The van der Waals surface area contributed by atoms with E-state index in [0.717, 1.165) is 154 Å². The predicted molar refractivity (Wildman–Crippen MR) is 353 cm³/mol. The summed E-state index contributed by atoms with van der Waals surface area (Å²) in [6, 6.07) is 0. The third-order valence-corrected chi connectivity index (χ3v) is 15.4. The van der Waals surface area contributed by atoms with Crippen molar-refractivity contribution in [3.05, 3.63) is 109 Å². The molecule has 87 heavy (non-hydrogen) atoms. The fraction of sp³-hybridized carbons (Fsp3) is 0.696. The number of phosphoric acid groups is 2. The van der Waals surface area contributed by atoms with Gasteiger partial charge in [-0.15, -0.1) is 0 Å². The van der Waals surface area contributed by atoms with Crippen molar-refractivity contribution in [2.45, 2.75) is 270 Å². The van der Waals surface area contributed by atoms with E-state index in [4.69, 9.17) is 32.3 Å². The number of carbonyl (C=O) groups is 3. The first-order chi connectivity index (χ1) is 42.2. The Balaban J connectivity index is 4.62. The van der Waals surface area contributed by atoms with Gasteiger partial charge in [-0.05, 0) is 122 Å². The van der Waals surface area contributed by atoms with Crippen LogP contribution in [0.2, 0.25) is 0 Å². The number of allylic oxidation sites excluding steroid dienone is 18. The molecule has 0 aromatic rings. The van der Waals surface area contributed by atoms with Crippen LogP contribution in [0.4, 0.5) is 0 Å². The van der Waals surface area contributed by atoms with Crippen molar-refractivity contribution in [2.24, 2.45) is 0 Å². The first-order valence-corrected chi connectivity index (χ1v) is 36.2. The Bertz CT molecular complexity index is 2030. The molecule has 0 aliphatic heterocycles. The van der Waals surface area contributed by atoms with Crippen LogP contribution in [0.15, 0.2) is 109 Å². The number of rotatable bonds is 62.